The zero-order chi connectivity index (χ0) is 27.2. The lowest BCUT2D eigenvalue weighted by Crippen LogP contribution is -2.58. The average Bonchev–Trinajstić information content (AvgIpc) is 3.23. The number of aromatic amines is 1. The van der Waals surface area contributed by atoms with E-state index in [0.29, 0.717) is 5.56 Å². The number of carbonyl (C=O) groups is 5. The van der Waals surface area contributed by atoms with Gasteiger partial charge >= 0.3 is 11.9 Å². The first-order valence-electron chi connectivity index (χ1n) is 11.5. The van der Waals surface area contributed by atoms with Gasteiger partial charge in [0.1, 0.15) is 18.1 Å². The summed E-state index contributed by atoms with van der Waals surface area (Å²) in [6, 6.07) is 2.41. The van der Waals surface area contributed by atoms with E-state index in [1.54, 1.807) is 20.0 Å². The summed E-state index contributed by atoms with van der Waals surface area (Å²) in [4.78, 5) is 65.7. The largest absolute Gasteiger partial charge is 0.481 e. The van der Waals surface area contributed by atoms with E-state index in [1.165, 1.54) is 14.0 Å². The molecule has 0 bridgehead atoms. The number of aromatic nitrogens is 1. The van der Waals surface area contributed by atoms with E-state index in [0.717, 1.165) is 15.8 Å². The molecule has 0 unspecified atom stereocenters. The number of carboxylic acid groups (broad SMARTS) is 2. The van der Waals surface area contributed by atoms with Crippen molar-refractivity contribution in [3.63, 3.8) is 0 Å². The second-order valence-corrected chi connectivity index (χ2v) is 9.02. The summed E-state index contributed by atoms with van der Waals surface area (Å²) in [5.74, 6) is -5.14. The number of H-pyrrole nitrogens is 1. The average molecular weight is 504 g/mol. The summed E-state index contributed by atoms with van der Waals surface area (Å²) >= 11 is 0. The number of para-hydroxylation sites is 1. The minimum Gasteiger partial charge on any atom is -0.481 e. The van der Waals surface area contributed by atoms with Crippen molar-refractivity contribution < 1.29 is 34.2 Å². The number of amides is 3. The van der Waals surface area contributed by atoms with Gasteiger partial charge in [-0.1, -0.05) is 32.0 Å². The molecule has 0 fully saturated rings. The van der Waals surface area contributed by atoms with E-state index in [4.69, 9.17) is 5.73 Å². The predicted octanol–water partition coefficient (Wildman–Crippen LogP) is 0.0695. The maximum Gasteiger partial charge on any atom is 0.326 e. The van der Waals surface area contributed by atoms with Crippen LogP contribution in [0.15, 0.2) is 30.5 Å². The Balaban J connectivity index is 2.35. The number of hydrogen-bond donors (Lipinski definition) is 6. The van der Waals surface area contributed by atoms with Crippen LogP contribution in [0.4, 0.5) is 0 Å². The highest BCUT2D eigenvalue weighted by molar-refractivity contribution is 5.96. The monoisotopic (exact) mass is 503 g/mol. The third kappa shape index (κ3) is 7.04. The van der Waals surface area contributed by atoms with Crippen LogP contribution in [0.3, 0.4) is 0 Å². The predicted molar refractivity (Wildman–Crippen MR) is 131 cm³/mol. The van der Waals surface area contributed by atoms with Crippen LogP contribution in [0.1, 0.15) is 32.8 Å². The van der Waals surface area contributed by atoms with Gasteiger partial charge in [-0.15, -0.1) is 0 Å². The number of rotatable bonds is 12. The van der Waals surface area contributed by atoms with Gasteiger partial charge in [-0.3, -0.25) is 19.2 Å². The molecule has 1 heterocycles. The molecule has 0 saturated heterocycles. The molecule has 0 radical (unpaired) electrons. The van der Waals surface area contributed by atoms with Gasteiger partial charge in [0.15, 0.2) is 0 Å². The zero-order valence-electron chi connectivity index (χ0n) is 20.6. The number of carboxylic acids is 2. The summed E-state index contributed by atoms with van der Waals surface area (Å²) < 4.78 is 0. The molecule has 0 aliphatic carbocycles. The van der Waals surface area contributed by atoms with E-state index < -0.39 is 60.2 Å². The number of fused-ring (bicyclic) bond motifs is 1. The molecule has 0 aliphatic heterocycles. The number of likely N-dealkylation sites (N-methyl/N-ethyl adjacent to an activating group) is 1. The summed E-state index contributed by atoms with van der Waals surface area (Å²) in [5.41, 5.74) is 7.31. The standard InChI is InChI=1S/C24H33N5O7/c1-12(2)20(25)22(33)27-17(10-19(30)31)21(32)28-18(23(34)29(4)13(3)24(35)36)9-14-11-26-16-8-6-5-7-15(14)16/h5-8,11-13,17-18,20,26H,9-10,25H2,1-4H3,(H,27,33)(H,28,32)(H,30,31)(H,35,36)/t13-,17-,18-,20-/m0/s1. The normalized spacial score (nSPS) is 14.5. The summed E-state index contributed by atoms with van der Waals surface area (Å²) in [6.45, 7) is 4.73. The fraction of sp³-hybridized carbons (Fsp3) is 0.458. The molecule has 1 aromatic carbocycles. The number of aliphatic carboxylic acids is 2. The van der Waals surface area contributed by atoms with Crippen LogP contribution >= 0.6 is 0 Å². The number of nitrogens with two attached hydrogens (primary N) is 1. The summed E-state index contributed by atoms with van der Waals surface area (Å²) in [7, 11) is 1.30. The molecule has 12 nitrogen and oxygen atoms in total. The number of nitrogens with zero attached hydrogens (tertiary/aromatic N) is 1. The van der Waals surface area contributed by atoms with Crippen molar-refractivity contribution in [2.45, 2.75) is 57.8 Å². The molecule has 12 heteroatoms. The Morgan fingerprint density at radius 1 is 1.00 bits per heavy atom. The summed E-state index contributed by atoms with van der Waals surface area (Å²) in [5, 5.41) is 24.3. The van der Waals surface area contributed by atoms with Crippen molar-refractivity contribution in [3.05, 3.63) is 36.0 Å². The fourth-order valence-corrected chi connectivity index (χ4v) is 3.55. The number of hydrogen-bond acceptors (Lipinski definition) is 6. The smallest absolute Gasteiger partial charge is 0.326 e. The van der Waals surface area contributed by atoms with E-state index in [9.17, 15) is 34.2 Å². The maximum absolute atomic E-state index is 13.3. The Hall–Kier alpha value is -3.93. The Labute approximate surface area is 208 Å². The zero-order valence-corrected chi connectivity index (χ0v) is 20.6. The number of benzene rings is 1. The lowest BCUT2D eigenvalue weighted by Gasteiger charge is -2.29. The molecule has 36 heavy (non-hydrogen) atoms. The van der Waals surface area contributed by atoms with Crippen LogP contribution in [0, 0.1) is 5.92 Å². The maximum atomic E-state index is 13.3. The first kappa shape index (κ1) is 28.3. The molecular weight excluding hydrogens is 470 g/mol. The molecule has 0 saturated carbocycles. The lowest BCUT2D eigenvalue weighted by atomic mass is 10.0. The molecule has 2 rings (SSSR count). The second-order valence-electron chi connectivity index (χ2n) is 9.02. The molecule has 3 amide bonds. The molecular formula is C24H33N5O7. The van der Waals surface area contributed by atoms with Crippen molar-refractivity contribution in [1.82, 2.24) is 20.5 Å². The van der Waals surface area contributed by atoms with Gasteiger partial charge in [0, 0.05) is 30.6 Å². The van der Waals surface area contributed by atoms with Crippen molar-refractivity contribution in [1.29, 1.82) is 0 Å². The molecule has 0 spiro atoms. The molecule has 2 aromatic rings. The third-order valence-corrected chi connectivity index (χ3v) is 6.03. The molecule has 4 atom stereocenters. The summed E-state index contributed by atoms with van der Waals surface area (Å²) in [6.07, 6.45) is 0.929. The molecule has 7 N–H and O–H groups in total. The Kier molecular flexibility index (Phi) is 9.56. The van der Waals surface area contributed by atoms with Gasteiger partial charge in [-0.05, 0) is 24.5 Å². The minimum atomic E-state index is -1.50. The highest BCUT2D eigenvalue weighted by atomic mass is 16.4. The van der Waals surface area contributed by atoms with E-state index in [2.05, 4.69) is 15.6 Å². The third-order valence-electron chi connectivity index (χ3n) is 6.03. The molecule has 0 aliphatic rings. The number of nitrogens with one attached hydrogen (secondary N) is 3. The minimum absolute atomic E-state index is 0.00941. The van der Waals surface area contributed by atoms with Gasteiger partial charge in [-0.2, -0.15) is 0 Å². The number of carbonyl (C=O) groups excluding carboxylic acids is 3. The van der Waals surface area contributed by atoms with E-state index in [1.807, 2.05) is 24.3 Å². The van der Waals surface area contributed by atoms with Crippen LogP contribution in [-0.2, 0) is 30.4 Å². The quantitative estimate of drug-likeness (QED) is 0.234. The first-order valence-corrected chi connectivity index (χ1v) is 11.5. The van der Waals surface area contributed by atoms with Crippen molar-refractivity contribution in [2.24, 2.45) is 11.7 Å². The van der Waals surface area contributed by atoms with E-state index in [-0.39, 0.29) is 12.3 Å². The van der Waals surface area contributed by atoms with Crippen LogP contribution in [-0.4, -0.2) is 81.0 Å². The fourth-order valence-electron chi connectivity index (χ4n) is 3.55. The van der Waals surface area contributed by atoms with Gasteiger partial charge in [0.2, 0.25) is 17.7 Å². The van der Waals surface area contributed by atoms with Gasteiger partial charge in [-0.25, -0.2) is 4.79 Å². The molecule has 1 aromatic heterocycles. The Bertz CT molecular complexity index is 1130. The molecule has 196 valence electrons. The topological polar surface area (TPSA) is 195 Å². The van der Waals surface area contributed by atoms with Crippen LogP contribution < -0.4 is 16.4 Å². The van der Waals surface area contributed by atoms with E-state index >= 15 is 0 Å². The first-order chi connectivity index (χ1) is 16.8. The van der Waals surface area contributed by atoms with Crippen molar-refractivity contribution >= 4 is 40.6 Å². The van der Waals surface area contributed by atoms with Crippen molar-refractivity contribution in [2.75, 3.05) is 7.05 Å². The Morgan fingerprint density at radius 3 is 2.19 bits per heavy atom. The van der Waals surface area contributed by atoms with Gasteiger partial charge < -0.3 is 36.5 Å². The SMILES string of the molecule is CC(C)[C@H](N)C(=O)N[C@@H](CC(=O)O)C(=O)N[C@@H](Cc1c[nH]c2ccccc12)C(=O)N(C)[C@@H](C)C(=O)O. The second kappa shape index (κ2) is 12.2. The highest BCUT2D eigenvalue weighted by Crippen LogP contribution is 2.20. The lowest BCUT2D eigenvalue weighted by molar-refractivity contribution is -0.149. The van der Waals surface area contributed by atoms with Crippen LogP contribution in [0.2, 0.25) is 0 Å². The van der Waals surface area contributed by atoms with Gasteiger partial charge in [0.25, 0.3) is 0 Å². The Morgan fingerprint density at radius 2 is 1.61 bits per heavy atom. The van der Waals surface area contributed by atoms with Crippen LogP contribution in [0.5, 0.6) is 0 Å². The van der Waals surface area contributed by atoms with Crippen molar-refractivity contribution in [3.8, 4) is 0 Å². The van der Waals surface area contributed by atoms with Gasteiger partial charge in [0.05, 0.1) is 12.5 Å². The highest BCUT2D eigenvalue weighted by Gasteiger charge is 2.33. The van der Waals surface area contributed by atoms with Crippen LogP contribution in [0.25, 0.3) is 10.9 Å².